The van der Waals surface area contributed by atoms with Gasteiger partial charge in [0, 0.05) is 17.8 Å². The van der Waals surface area contributed by atoms with Gasteiger partial charge in [0.15, 0.2) is 0 Å². The van der Waals surface area contributed by atoms with Gasteiger partial charge >= 0.3 is 0 Å². The predicted molar refractivity (Wildman–Crippen MR) is 97.9 cm³/mol. The molecule has 136 valence electrons. The number of hydrogen-bond acceptors (Lipinski definition) is 7. The molecule has 0 heterocycles. The van der Waals surface area contributed by atoms with Gasteiger partial charge in [-0.15, -0.1) is 0 Å². The first-order valence-corrected chi connectivity index (χ1v) is 10.1. The number of amides is 1. The van der Waals surface area contributed by atoms with E-state index in [1.54, 1.807) is 25.6 Å². The quantitative estimate of drug-likeness (QED) is 0.180. The van der Waals surface area contributed by atoms with Crippen molar-refractivity contribution in [3.8, 4) is 0 Å². The number of aliphatic imine (C=N–C) groups is 1. The highest BCUT2D eigenvalue weighted by atomic mass is 32.2. The van der Waals surface area contributed by atoms with Crippen LogP contribution in [0.3, 0.4) is 0 Å². The zero-order chi connectivity index (χ0) is 18.1. The van der Waals surface area contributed by atoms with Gasteiger partial charge in [-0.1, -0.05) is 0 Å². The van der Waals surface area contributed by atoms with Crippen molar-refractivity contribution in [1.82, 2.24) is 5.32 Å². The van der Waals surface area contributed by atoms with Crippen LogP contribution in [0, 0.1) is 0 Å². The lowest BCUT2D eigenvalue weighted by molar-refractivity contribution is -0.221. The number of carbonyl (C=O) groups is 1. The number of nitrogens with one attached hydrogen (secondary N) is 1. The van der Waals surface area contributed by atoms with Crippen molar-refractivity contribution >= 4 is 47.3 Å². The highest BCUT2D eigenvalue weighted by Crippen LogP contribution is 2.12. The Morgan fingerprint density at radius 3 is 2.35 bits per heavy atom. The highest BCUT2D eigenvalue weighted by molar-refractivity contribution is 7.99. The maximum Gasteiger partial charge on any atom is 0.237 e. The van der Waals surface area contributed by atoms with Crippen molar-refractivity contribution in [3.63, 3.8) is 0 Å². The zero-order valence-corrected chi connectivity index (χ0v) is 16.6. The van der Waals surface area contributed by atoms with E-state index in [-0.39, 0.29) is 5.90 Å². The van der Waals surface area contributed by atoms with Crippen molar-refractivity contribution in [2.75, 3.05) is 24.6 Å². The van der Waals surface area contributed by atoms with E-state index < -0.39 is 26.5 Å². The first kappa shape index (κ1) is 22.8. The number of carbonyl (C=O) groups excluding carboxylic acids is 1. The molecule has 0 rings (SSSR count). The van der Waals surface area contributed by atoms with Gasteiger partial charge in [0.05, 0.1) is 0 Å². The van der Waals surface area contributed by atoms with Gasteiger partial charge in [-0.25, -0.2) is 0 Å². The third-order valence-corrected chi connectivity index (χ3v) is 5.30. The first-order valence-electron chi connectivity index (χ1n) is 7.39. The van der Waals surface area contributed by atoms with E-state index in [1.807, 2.05) is 0 Å². The molecular weight excluding hydrogens is 356 g/mol. The van der Waals surface area contributed by atoms with E-state index in [0.29, 0.717) is 13.1 Å². The molecular formula is C14H26N2O4S3-2. The van der Waals surface area contributed by atoms with Crippen LogP contribution in [0.4, 0.5) is 0 Å². The molecule has 0 aromatic carbocycles. The van der Waals surface area contributed by atoms with Crippen LogP contribution in [-0.4, -0.2) is 54.7 Å². The lowest BCUT2D eigenvalue weighted by Gasteiger charge is -2.25. The number of rotatable bonds is 11. The number of nitrogens with zero attached hydrogens (tertiary/aromatic N) is 1. The smallest absolute Gasteiger partial charge is 0.237 e. The standard InChI is InChI=1S/C14H28N2O4S3/c1-13(2,21)11(17)15-7-5-9-22-10-6-8-16-12(18)14(3,4)23(19)20/h21H,5-10H2,1-4H3,(H,15,17)(H,16,18)(H,19,20)/p-2. The number of thioether (sulfide) groups is 1. The van der Waals surface area contributed by atoms with Crippen LogP contribution in [0.2, 0.25) is 0 Å². The van der Waals surface area contributed by atoms with E-state index in [2.05, 4.69) is 22.9 Å². The summed E-state index contributed by atoms with van der Waals surface area (Å²) in [5.41, 5.74) is 0. The third kappa shape index (κ3) is 9.59. The zero-order valence-electron chi connectivity index (χ0n) is 14.1. The topological polar surface area (TPSA) is 105 Å². The van der Waals surface area contributed by atoms with Crippen LogP contribution >= 0.6 is 24.4 Å². The highest BCUT2D eigenvalue weighted by Gasteiger charge is 2.28. The average Bonchev–Trinajstić information content (AvgIpc) is 2.43. The number of hydrogen-bond donors (Lipinski definition) is 2. The minimum absolute atomic E-state index is 0.202. The van der Waals surface area contributed by atoms with Crippen LogP contribution in [0.5, 0.6) is 0 Å². The first-order chi connectivity index (χ1) is 10.5. The average molecular weight is 383 g/mol. The second-order valence-electron chi connectivity index (χ2n) is 6.07. The molecule has 23 heavy (non-hydrogen) atoms. The Morgan fingerprint density at radius 2 is 1.83 bits per heavy atom. The minimum atomic E-state index is -2.44. The molecule has 0 aromatic heterocycles. The van der Waals surface area contributed by atoms with E-state index >= 15 is 0 Å². The molecule has 0 radical (unpaired) electrons. The Labute approximate surface area is 151 Å². The Hall–Kier alpha value is -0.250. The molecule has 1 amide bonds. The molecule has 1 unspecified atom stereocenters. The number of thiol groups is 1. The molecule has 0 fully saturated rings. The molecule has 9 heteroatoms. The molecule has 1 atom stereocenters. The summed E-state index contributed by atoms with van der Waals surface area (Å²) >= 11 is 3.43. The third-order valence-electron chi connectivity index (χ3n) is 2.94. The van der Waals surface area contributed by atoms with E-state index in [0.717, 1.165) is 24.3 Å². The minimum Gasteiger partial charge on any atom is -0.861 e. The Kier molecular flexibility index (Phi) is 10.5. The normalized spacial score (nSPS) is 14.6. The Morgan fingerprint density at radius 1 is 1.26 bits per heavy atom. The largest absolute Gasteiger partial charge is 0.861 e. The van der Waals surface area contributed by atoms with Crippen molar-refractivity contribution in [2.24, 2.45) is 4.99 Å². The van der Waals surface area contributed by atoms with Gasteiger partial charge in [0.25, 0.3) is 0 Å². The Balaban J connectivity index is 3.69. The van der Waals surface area contributed by atoms with Crippen molar-refractivity contribution in [3.05, 3.63) is 0 Å². The Bertz CT molecular complexity index is 434. The van der Waals surface area contributed by atoms with Crippen LogP contribution in [0.1, 0.15) is 40.5 Å². The predicted octanol–water partition coefficient (Wildman–Crippen LogP) is 0.741. The lowest BCUT2D eigenvalue weighted by Crippen LogP contribution is -2.45. The molecule has 0 aliphatic carbocycles. The van der Waals surface area contributed by atoms with Crippen molar-refractivity contribution < 1.29 is 18.7 Å². The lowest BCUT2D eigenvalue weighted by atomic mass is 10.2. The van der Waals surface area contributed by atoms with Gasteiger partial charge in [-0.3, -0.25) is 9.00 Å². The van der Waals surface area contributed by atoms with E-state index in [9.17, 15) is 18.7 Å². The molecule has 0 aromatic rings. The fraction of sp³-hybridized carbons (Fsp3) is 0.857. The van der Waals surface area contributed by atoms with Gasteiger partial charge in [0.1, 0.15) is 4.75 Å². The molecule has 1 N–H and O–H groups in total. The molecule has 0 aliphatic heterocycles. The summed E-state index contributed by atoms with van der Waals surface area (Å²) in [4.78, 5) is 15.6. The summed E-state index contributed by atoms with van der Waals surface area (Å²) in [7, 11) is 0. The monoisotopic (exact) mass is 382 g/mol. The second kappa shape index (κ2) is 10.6. The van der Waals surface area contributed by atoms with E-state index in [4.69, 9.17) is 0 Å². The summed E-state index contributed by atoms with van der Waals surface area (Å²) in [6.07, 6.45) is 1.58. The van der Waals surface area contributed by atoms with Crippen LogP contribution in [-0.2, 0) is 15.9 Å². The molecule has 6 nitrogen and oxygen atoms in total. The second-order valence-corrected chi connectivity index (χ2v) is 9.90. The summed E-state index contributed by atoms with van der Waals surface area (Å²) in [5.74, 6) is 1.05. The van der Waals surface area contributed by atoms with Gasteiger partial charge < -0.3 is 20.0 Å². The van der Waals surface area contributed by atoms with Gasteiger partial charge in [0.2, 0.25) is 5.91 Å². The summed E-state index contributed by atoms with van der Waals surface area (Å²) in [6, 6.07) is 0. The van der Waals surface area contributed by atoms with Gasteiger partial charge in [-0.05, 0) is 69.0 Å². The van der Waals surface area contributed by atoms with Crippen molar-refractivity contribution in [1.29, 1.82) is 0 Å². The van der Waals surface area contributed by atoms with Crippen molar-refractivity contribution in [2.45, 2.75) is 50.0 Å². The molecule has 0 saturated heterocycles. The fourth-order valence-electron chi connectivity index (χ4n) is 1.31. The van der Waals surface area contributed by atoms with Crippen LogP contribution < -0.4 is 10.4 Å². The summed E-state index contributed by atoms with van der Waals surface area (Å²) in [5, 5.41) is 14.1. The van der Waals surface area contributed by atoms with Crippen LogP contribution in [0.15, 0.2) is 4.99 Å². The fourth-order valence-corrected chi connectivity index (χ4v) is 2.49. The van der Waals surface area contributed by atoms with Crippen LogP contribution in [0.25, 0.3) is 0 Å². The van der Waals surface area contributed by atoms with Gasteiger partial charge in [-0.2, -0.15) is 24.4 Å². The summed E-state index contributed by atoms with van der Waals surface area (Å²) < 4.78 is 19.7. The van der Waals surface area contributed by atoms with E-state index in [1.165, 1.54) is 13.8 Å². The maximum absolute atomic E-state index is 11.7. The molecule has 0 saturated carbocycles. The maximum atomic E-state index is 11.7. The SMILES string of the molecule is CC(C)(S)C([O-])=NCCCSCCCNC(=O)C(C)(C)S(=O)[O-]. The molecule has 0 aliphatic rings. The molecule has 0 spiro atoms. The molecule has 0 bridgehead atoms. The summed E-state index contributed by atoms with van der Waals surface area (Å²) in [6.45, 7) is 7.12.